The lowest BCUT2D eigenvalue weighted by Crippen LogP contribution is -2.29. The molecular formula is C28H34N2O2. The van der Waals surface area contributed by atoms with Crippen LogP contribution in [0.15, 0.2) is 66.7 Å². The number of fused-ring (bicyclic) bond motifs is 1. The van der Waals surface area contributed by atoms with Gasteiger partial charge in [0.05, 0.1) is 6.61 Å². The molecule has 0 saturated heterocycles. The van der Waals surface area contributed by atoms with Crippen LogP contribution >= 0.6 is 0 Å². The quantitative estimate of drug-likeness (QED) is 0.461. The van der Waals surface area contributed by atoms with E-state index in [2.05, 4.69) is 72.2 Å². The molecule has 3 aromatic rings. The SMILES string of the molecule is C[C@@H](NCC1CCCC(c2ccc(C(=O)NCCO)cc2)C1)c1cccc2ccccc12. The zero-order valence-electron chi connectivity index (χ0n) is 18.9. The smallest absolute Gasteiger partial charge is 0.251 e. The highest BCUT2D eigenvalue weighted by Gasteiger charge is 2.24. The van der Waals surface area contributed by atoms with E-state index in [1.807, 2.05) is 12.1 Å². The summed E-state index contributed by atoms with van der Waals surface area (Å²) >= 11 is 0. The molecule has 1 aliphatic rings. The summed E-state index contributed by atoms with van der Waals surface area (Å²) in [6.07, 6.45) is 4.92. The summed E-state index contributed by atoms with van der Waals surface area (Å²) in [4.78, 5) is 12.1. The molecule has 1 fully saturated rings. The largest absolute Gasteiger partial charge is 0.395 e. The number of aliphatic hydroxyl groups is 1. The molecule has 32 heavy (non-hydrogen) atoms. The third kappa shape index (κ3) is 5.37. The summed E-state index contributed by atoms with van der Waals surface area (Å²) in [5.74, 6) is 1.09. The van der Waals surface area contributed by atoms with Crippen molar-refractivity contribution < 1.29 is 9.90 Å². The fourth-order valence-electron chi connectivity index (χ4n) is 5.04. The van der Waals surface area contributed by atoms with Crippen molar-refractivity contribution in [3.8, 4) is 0 Å². The molecule has 0 aromatic heterocycles. The maximum absolute atomic E-state index is 12.1. The molecule has 0 bridgehead atoms. The van der Waals surface area contributed by atoms with Gasteiger partial charge in [0, 0.05) is 18.2 Å². The minimum absolute atomic E-state index is 0.0412. The van der Waals surface area contributed by atoms with Crippen LogP contribution in [0.1, 0.15) is 66.1 Å². The van der Waals surface area contributed by atoms with E-state index in [0.29, 0.717) is 23.4 Å². The molecule has 3 atom stereocenters. The molecule has 1 saturated carbocycles. The van der Waals surface area contributed by atoms with E-state index in [4.69, 9.17) is 5.11 Å². The van der Waals surface area contributed by atoms with E-state index in [1.54, 1.807) is 0 Å². The number of carbonyl (C=O) groups is 1. The Balaban J connectivity index is 1.34. The molecular weight excluding hydrogens is 396 g/mol. The number of amides is 1. The predicted octanol–water partition coefficient (Wildman–Crippen LogP) is 5.19. The van der Waals surface area contributed by atoms with Gasteiger partial charge in [-0.25, -0.2) is 0 Å². The number of benzene rings is 3. The molecule has 2 unspecified atom stereocenters. The number of nitrogens with one attached hydrogen (secondary N) is 2. The van der Waals surface area contributed by atoms with E-state index < -0.39 is 0 Å². The molecule has 4 rings (SSSR count). The van der Waals surface area contributed by atoms with Crippen molar-refractivity contribution in [2.45, 2.75) is 44.6 Å². The van der Waals surface area contributed by atoms with Crippen molar-refractivity contribution in [2.75, 3.05) is 19.7 Å². The van der Waals surface area contributed by atoms with Gasteiger partial charge in [0.15, 0.2) is 0 Å². The fraction of sp³-hybridized carbons (Fsp3) is 0.393. The Kier molecular flexibility index (Phi) is 7.56. The number of aliphatic hydroxyl groups excluding tert-OH is 1. The maximum atomic E-state index is 12.1. The van der Waals surface area contributed by atoms with Crippen molar-refractivity contribution in [1.29, 1.82) is 0 Å². The average molecular weight is 431 g/mol. The van der Waals surface area contributed by atoms with E-state index >= 15 is 0 Å². The summed E-state index contributed by atoms with van der Waals surface area (Å²) in [5.41, 5.74) is 3.35. The van der Waals surface area contributed by atoms with Crippen molar-refractivity contribution in [3.63, 3.8) is 0 Å². The summed E-state index contributed by atoms with van der Waals surface area (Å²) < 4.78 is 0. The third-order valence-corrected chi connectivity index (χ3v) is 6.83. The molecule has 0 aliphatic heterocycles. The number of hydrogen-bond acceptors (Lipinski definition) is 3. The Bertz CT molecular complexity index is 1030. The van der Waals surface area contributed by atoms with Gasteiger partial charge < -0.3 is 15.7 Å². The van der Waals surface area contributed by atoms with Gasteiger partial charge in [-0.1, -0.05) is 61.0 Å². The molecule has 1 amide bonds. The highest BCUT2D eigenvalue weighted by molar-refractivity contribution is 5.94. The Morgan fingerprint density at radius 2 is 1.81 bits per heavy atom. The third-order valence-electron chi connectivity index (χ3n) is 6.83. The summed E-state index contributed by atoms with van der Waals surface area (Å²) in [5, 5.41) is 18.0. The lowest BCUT2D eigenvalue weighted by atomic mass is 9.77. The van der Waals surface area contributed by atoms with E-state index in [-0.39, 0.29) is 19.1 Å². The predicted molar refractivity (Wildman–Crippen MR) is 131 cm³/mol. The fourth-order valence-corrected chi connectivity index (χ4v) is 5.04. The van der Waals surface area contributed by atoms with Gasteiger partial charge in [0.2, 0.25) is 0 Å². The van der Waals surface area contributed by atoms with Gasteiger partial charge in [0.25, 0.3) is 5.91 Å². The molecule has 3 aromatic carbocycles. The number of hydrogen-bond donors (Lipinski definition) is 3. The van der Waals surface area contributed by atoms with Crippen LogP contribution in [0.2, 0.25) is 0 Å². The number of carbonyl (C=O) groups excluding carboxylic acids is 1. The first-order valence-electron chi connectivity index (χ1n) is 11.9. The normalized spacial score (nSPS) is 19.6. The van der Waals surface area contributed by atoms with Gasteiger partial charge in [0.1, 0.15) is 0 Å². The minimum atomic E-state index is -0.126. The standard InChI is InChI=1S/C28H34N2O2/c1-20(26-11-5-8-23-7-2-3-10-27(23)26)30-19-21-6-4-9-25(18-21)22-12-14-24(15-13-22)28(32)29-16-17-31/h2-3,5,7-8,10-15,20-21,25,30-31H,4,6,9,16-19H2,1H3,(H,29,32)/t20-,21?,25?/m1/s1. The zero-order chi connectivity index (χ0) is 22.3. The first-order chi connectivity index (χ1) is 15.7. The van der Waals surface area contributed by atoms with Crippen LogP contribution in [0.25, 0.3) is 10.8 Å². The van der Waals surface area contributed by atoms with E-state index in [9.17, 15) is 4.79 Å². The van der Waals surface area contributed by atoms with Crippen LogP contribution in [-0.2, 0) is 0 Å². The second-order valence-electron chi connectivity index (χ2n) is 9.03. The highest BCUT2D eigenvalue weighted by atomic mass is 16.3. The lowest BCUT2D eigenvalue weighted by molar-refractivity contribution is 0.0944. The van der Waals surface area contributed by atoms with Gasteiger partial charge in [-0.2, -0.15) is 0 Å². The molecule has 0 heterocycles. The van der Waals surface area contributed by atoms with Gasteiger partial charge in [-0.05, 0) is 78.6 Å². The van der Waals surface area contributed by atoms with Crippen molar-refractivity contribution in [3.05, 3.63) is 83.4 Å². The molecule has 3 N–H and O–H groups in total. The second-order valence-corrected chi connectivity index (χ2v) is 9.03. The monoisotopic (exact) mass is 430 g/mol. The Morgan fingerprint density at radius 3 is 2.62 bits per heavy atom. The van der Waals surface area contributed by atoms with Gasteiger partial charge in [-0.15, -0.1) is 0 Å². The molecule has 4 nitrogen and oxygen atoms in total. The van der Waals surface area contributed by atoms with Crippen LogP contribution in [0.3, 0.4) is 0 Å². The topological polar surface area (TPSA) is 61.4 Å². The second kappa shape index (κ2) is 10.8. The van der Waals surface area contributed by atoms with Crippen LogP contribution in [0, 0.1) is 5.92 Å². The summed E-state index contributed by atoms with van der Waals surface area (Å²) in [7, 11) is 0. The molecule has 1 aliphatic carbocycles. The summed E-state index contributed by atoms with van der Waals surface area (Å²) in [6, 6.07) is 23.5. The number of rotatable bonds is 8. The molecule has 4 heteroatoms. The molecule has 0 spiro atoms. The van der Waals surface area contributed by atoms with Crippen LogP contribution in [-0.4, -0.2) is 30.7 Å². The average Bonchev–Trinajstić information content (AvgIpc) is 2.85. The lowest BCUT2D eigenvalue weighted by Gasteiger charge is -2.31. The Morgan fingerprint density at radius 1 is 1.03 bits per heavy atom. The minimum Gasteiger partial charge on any atom is -0.395 e. The van der Waals surface area contributed by atoms with Crippen molar-refractivity contribution in [2.24, 2.45) is 5.92 Å². The molecule has 168 valence electrons. The molecule has 0 radical (unpaired) electrons. The zero-order valence-corrected chi connectivity index (χ0v) is 18.9. The van der Waals surface area contributed by atoms with Crippen LogP contribution in [0.5, 0.6) is 0 Å². The van der Waals surface area contributed by atoms with Gasteiger partial charge >= 0.3 is 0 Å². The van der Waals surface area contributed by atoms with E-state index in [0.717, 1.165) is 6.54 Å². The maximum Gasteiger partial charge on any atom is 0.251 e. The van der Waals surface area contributed by atoms with Crippen LogP contribution in [0.4, 0.5) is 0 Å². The first-order valence-corrected chi connectivity index (χ1v) is 11.9. The Hall–Kier alpha value is -2.69. The van der Waals surface area contributed by atoms with Crippen molar-refractivity contribution in [1.82, 2.24) is 10.6 Å². The highest BCUT2D eigenvalue weighted by Crippen LogP contribution is 2.36. The Labute approximate surface area is 191 Å². The van der Waals surface area contributed by atoms with E-state index in [1.165, 1.54) is 47.6 Å². The van der Waals surface area contributed by atoms with Gasteiger partial charge in [-0.3, -0.25) is 4.79 Å². The summed E-state index contributed by atoms with van der Waals surface area (Å²) in [6.45, 7) is 3.54. The van der Waals surface area contributed by atoms with Crippen LogP contribution < -0.4 is 10.6 Å². The first kappa shape index (κ1) is 22.5. The van der Waals surface area contributed by atoms with Crippen molar-refractivity contribution >= 4 is 16.7 Å².